The topological polar surface area (TPSA) is 121 Å². The molecule has 11 heteroatoms. The zero-order valence-electron chi connectivity index (χ0n) is 17.9. The average molecular weight is 542 g/mol. The fourth-order valence-corrected chi connectivity index (χ4v) is 4.60. The SMILES string of the molecule is O=C(CCCN1C(=O)c2ccccc2C1=O)Nc1nnc(CCNC(=O)c2cccc(Br)c2)s1. The van der Waals surface area contributed by atoms with Gasteiger partial charge in [0.15, 0.2) is 0 Å². The zero-order valence-corrected chi connectivity index (χ0v) is 20.3. The largest absolute Gasteiger partial charge is 0.352 e. The molecule has 2 heterocycles. The van der Waals surface area contributed by atoms with Crippen LogP contribution in [0.3, 0.4) is 0 Å². The molecule has 9 nitrogen and oxygen atoms in total. The van der Waals surface area contributed by atoms with E-state index in [4.69, 9.17) is 0 Å². The summed E-state index contributed by atoms with van der Waals surface area (Å²) in [5.41, 5.74) is 1.35. The van der Waals surface area contributed by atoms with Crippen LogP contribution in [0, 0.1) is 0 Å². The monoisotopic (exact) mass is 541 g/mol. The third-order valence-electron chi connectivity index (χ3n) is 5.09. The maximum atomic E-state index is 12.4. The predicted molar refractivity (Wildman–Crippen MR) is 130 cm³/mol. The maximum Gasteiger partial charge on any atom is 0.261 e. The van der Waals surface area contributed by atoms with Gasteiger partial charge in [0.05, 0.1) is 11.1 Å². The highest BCUT2D eigenvalue weighted by Gasteiger charge is 2.34. The Morgan fingerprint density at radius 3 is 2.44 bits per heavy atom. The van der Waals surface area contributed by atoms with Crippen LogP contribution in [0.4, 0.5) is 5.13 Å². The second-order valence-corrected chi connectivity index (χ2v) is 9.45. The van der Waals surface area contributed by atoms with E-state index in [1.54, 1.807) is 42.5 Å². The summed E-state index contributed by atoms with van der Waals surface area (Å²) in [7, 11) is 0. The standard InChI is InChI=1S/C23H20BrN5O4S/c24-15-6-3-5-14(13-15)20(31)25-11-10-19-27-28-23(34-19)26-18(30)9-4-12-29-21(32)16-7-1-2-8-17(16)22(29)33/h1-3,5-8,13H,4,9-12H2,(H,25,31)(H,26,28,30). The maximum absolute atomic E-state index is 12.4. The van der Waals surface area contributed by atoms with Gasteiger partial charge in [-0.25, -0.2) is 0 Å². The summed E-state index contributed by atoms with van der Waals surface area (Å²) in [6.45, 7) is 0.549. The number of halogens is 1. The van der Waals surface area contributed by atoms with E-state index in [0.29, 0.717) is 46.2 Å². The van der Waals surface area contributed by atoms with Gasteiger partial charge >= 0.3 is 0 Å². The zero-order chi connectivity index (χ0) is 24.1. The number of carbonyl (C=O) groups is 4. The lowest BCUT2D eigenvalue weighted by Gasteiger charge is -2.13. The third kappa shape index (κ3) is 5.54. The van der Waals surface area contributed by atoms with Crippen molar-refractivity contribution in [3.8, 4) is 0 Å². The number of nitrogens with zero attached hydrogens (tertiary/aromatic N) is 3. The van der Waals surface area contributed by atoms with E-state index in [2.05, 4.69) is 36.8 Å². The lowest BCUT2D eigenvalue weighted by molar-refractivity contribution is -0.116. The molecule has 0 unspecified atom stereocenters. The molecule has 2 N–H and O–H groups in total. The molecule has 0 fully saturated rings. The fourth-order valence-electron chi connectivity index (χ4n) is 3.44. The number of benzene rings is 2. The Kier molecular flexibility index (Phi) is 7.43. The van der Waals surface area contributed by atoms with Crippen molar-refractivity contribution in [2.24, 2.45) is 0 Å². The van der Waals surface area contributed by atoms with Crippen LogP contribution in [-0.2, 0) is 11.2 Å². The number of imide groups is 1. The van der Waals surface area contributed by atoms with Crippen molar-refractivity contribution < 1.29 is 19.2 Å². The Morgan fingerprint density at radius 1 is 1.00 bits per heavy atom. The summed E-state index contributed by atoms with van der Waals surface area (Å²) in [6.07, 6.45) is 0.947. The van der Waals surface area contributed by atoms with Crippen LogP contribution >= 0.6 is 27.3 Å². The Labute approximate surface area is 207 Å². The number of hydrogen-bond acceptors (Lipinski definition) is 7. The molecule has 0 radical (unpaired) electrons. The van der Waals surface area contributed by atoms with Crippen molar-refractivity contribution >= 4 is 56.0 Å². The van der Waals surface area contributed by atoms with Crippen molar-refractivity contribution in [2.45, 2.75) is 19.3 Å². The molecule has 1 aliphatic rings. The van der Waals surface area contributed by atoms with Crippen LogP contribution in [0.25, 0.3) is 0 Å². The second-order valence-electron chi connectivity index (χ2n) is 7.48. The van der Waals surface area contributed by atoms with E-state index in [1.807, 2.05) is 6.07 Å². The van der Waals surface area contributed by atoms with E-state index in [-0.39, 0.29) is 36.6 Å². The number of fused-ring (bicyclic) bond motifs is 1. The van der Waals surface area contributed by atoms with Crippen LogP contribution in [0.5, 0.6) is 0 Å². The first kappa shape index (κ1) is 23.7. The molecule has 0 spiro atoms. The molecule has 1 aliphatic heterocycles. The fraction of sp³-hybridized carbons (Fsp3) is 0.217. The molecule has 174 valence electrons. The number of nitrogens with one attached hydrogen (secondary N) is 2. The van der Waals surface area contributed by atoms with E-state index >= 15 is 0 Å². The van der Waals surface area contributed by atoms with Crippen molar-refractivity contribution in [1.82, 2.24) is 20.4 Å². The smallest absolute Gasteiger partial charge is 0.261 e. The molecule has 0 aliphatic carbocycles. The van der Waals surface area contributed by atoms with E-state index < -0.39 is 0 Å². The third-order valence-corrected chi connectivity index (χ3v) is 6.48. The van der Waals surface area contributed by atoms with Crippen LogP contribution in [0.15, 0.2) is 53.0 Å². The summed E-state index contributed by atoms with van der Waals surface area (Å²) in [6, 6.07) is 13.8. The molecule has 2 aromatic carbocycles. The number of aromatic nitrogens is 2. The summed E-state index contributed by atoms with van der Waals surface area (Å²) >= 11 is 4.57. The van der Waals surface area contributed by atoms with Crippen LogP contribution in [0.2, 0.25) is 0 Å². The van der Waals surface area contributed by atoms with E-state index in [0.717, 1.165) is 4.47 Å². The molecule has 4 amide bonds. The minimum absolute atomic E-state index is 0.130. The van der Waals surface area contributed by atoms with Gasteiger partial charge in [-0.3, -0.25) is 24.1 Å². The van der Waals surface area contributed by atoms with Gasteiger partial charge in [0.2, 0.25) is 11.0 Å². The number of hydrogen-bond donors (Lipinski definition) is 2. The van der Waals surface area contributed by atoms with Gasteiger partial charge < -0.3 is 10.6 Å². The lowest BCUT2D eigenvalue weighted by Crippen LogP contribution is -2.31. The highest BCUT2D eigenvalue weighted by atomic mass is 79.9. The first-order chi connectivity index (χ1) is 16.4. The molecular formula is C23H20BrN5O4S. The molecular weight excluding hydrogens is 522 g/mol. The van der Waals surface area contributed by atoms with E-state index in [9.17, 15) is 19.2 Å². The summed E-state index contributed by atoms with van der Waals surface area (Å²) in [5.74, 6) is -1.12. The average Bonchev–Trinajstić information content (AvgIpc) is 3.36. The Hall–Kier alpha value is -3.44. The Balaban J connectivity index is 1.18. The van der Waals surface area contributed by atoms with Gasteiger partial charge in [-0.15, -0.1) is 10.2 Å². The van der Waals surface area contributed by atoms with Crippen LogP contribution in [0.1, 0.15) is 48.9 Å². The van der Waals surface area contributed by atoms with Gasteiger partial charge in [-0.05, 0) is 36.8 Å². The molecule has 0 bridgehead atoms. The van der Waals surface area contributed by atoms with Crippen molar-refractivity contribution in [1.29, 1.82) is 0 Å². The first-order valence-corrected chi connectivity index (χ1v) is 12.1. The Bertz CT molecular complexity index is 1230. The molecule has 0 atom stereocenters. The minimum Gasteiger partial charge on any atom is -0.352 e. The van der Waals surface area contributed by atoms with Crippen LogP contribution in [-0.4, -0.2) is 51.8 Å². The van der Waals surface area contributed by atoms with Crippen molar-refractivity contribution in [3.63, 3.8) is 0 Å². The van der Waals surface area contributed by atoms with Crippen LogP contribution < -0.4 is 10.6 Å². The summed E-state index contributed by atoms with van der Waals surface area (Å²) in [4.78, 5) is 50.3. The first-order valence-electron chi connectivity index (χ1n) is 10.5. The van der Waals surface area contributed by atoms with Gasteiger partial charge in [0.1, 0.15) is 5.01 Å². The van der Waals surface area contributed by atoms with Crippen molar-refractivity contribution in [2.75, 3.05) is 18.4 Å². The lowest BCUT2D eigenvalue weighted by atomic mass is 10.1. The highest BCUT2D eigenvalue weighted by Crippen LogP contribution is 2.23. The molecule has 34 heavy (non-hydrogen) atoms. The van der Waals surface area contributed by atoms with E-state index in [1.165, 1.54) is 16.2 Å². The molecule has 0 saturated carbocycles. The molecule has 3 aromatic rings. The van der Waals surface area contributed by atoms with Gasteiger partial charge in [-0.1, -0.05) is 45.5 Å². The quantitative estimate of drug-likeness (QED) is 0.401. The molecule has 4 rings (SSSR count). The Morgan fingerprint density at radius 2 is 1.74 bits per heavy atom. The predicted octanol–water partition coefficient (Wildman–Crippen LogP) is 3.29. The highest BCUT2D eigenvalue weighted by molar-refractivity contribution is 9.10. The molecule has 0 saturated heterocycles. The van der Waals surface area contributed by atoms with Gasteiger partial charge in [-0.2, -0.15) is 0 Å². The van der Waals surface area contributed by atoms with Gasteiger partial charge in [0, 0.05) is 36.0 Å². The minimum atomic E-state index is -0.332. The number of amides is 4. The number of rotatable bonds is 9. The second kappa shape index (κ2) is 10.7. The number of anilines is 1. The summed E-state index contributed by atoms with van der Waals surface area (Å²) < 4.78 is 0.827. The summed E-state index contributed by atoms with van der Waals surface area (Å²) in [5, 5.41) is 14.5. The molecule has 1 aromatic heterocycles. The van der Waals surface area contributed by atoms with Gasteiger partial charge in [0.25, 0.3) is 17.7 Å². The normalized spacial score (nSPS) is 12.6. The van der Waals surface area contributed by atoms with Crippen molar-refractivity contribution in [3.05, 3.63) is 74.7 Å². The number of carbonyl (C=O) groups excluding carboxylic acids is 4.